The average molecular weight is 396 g/mol. The molecule has 2 aromatic rings. The maximum absolute atomic E-state index is 12.1. The topological polar surface area (TPSA) is 63.2 Å². The third kappa shape index (κ3) is 5.48. The van der Waals surface area contributed by atoms with Gasteiger partial charge in [0.15, 0.2) is 9.84 Å². The first-order valence-electron chi connectivity index (χ1n) is 7.07. The predicted octanol–water partition coefficient (Wildman–Crippen LogP) is 3.62. The van der Waals surface area contributed by atoms with Crippen molar-refractivity contribution in [3.8, 4) is 0 Å². The third-order valence-electron chi connectivity index (χ3n) is 3.44. The number of nitrogens with one attached hydrogen (secondary N) is 1. The Labute approximate surface area is 145 Å². The Balaban J connectivity index is 2.00. The first-order valence-corrected chi connectivity index (χ1v) is 9.68. The van der Waals surface area contributed by atoms with E-state index in [0.717, 1.165) is 15.6 Å². The molecule has 0 radical (unpaired) electrons. The van der Waals surface area contributed by atoms with Crippen molar-refractivity contribution in [3.63, 3.8) is 0 Å². The molecule has 2 rings (SSSR count). The van der Waals surface area contributed by atoms with E-state index in [-0.39, 0.29) is 5.75 Å². The Morgan fingerprint density at radius 3 is 2.30 bits per heavy atom. The summed E-state index contributed by atoms with van der Waals surface area (Å²) >= 11 is 3.30. The molecule has 0 unspecified atom stereocenters. The van der Waals surface area contributed by atoms with E-state index in [0.29, 0.717) is 11.3 Å². The van der Waals surface area contributed by atoms with Crippen molar-refractivity contribution < 1.29 is 13.2 Å². The number of anilines is 1. The minimum absolute atomic E-state index is 0.152. The molecule has 2 aromatic carbocycles. The normalized spacial score (nSPS) is 11.3. The van der Waals surface area contributed by atoms with Crippen molar-refractivity contribution in [3.05, 3.63) is 63.6 Å². The molecule has 0 saturated heterocycles. The third-order valence-corrected chi connectivity index (χ3v) is 5.45. The lowest BCUT2D eigenvalue weighted by Gasteiger charge is -2.08. The number of hydrogen-bond donors (Lipinski definition) is 1. The van der Waals surface area contributed by atoms with Gasteiger partial charge in [-0.1, -0.05) is 34.1 Å². The Kier molecular flexibility index (Phi) is 5.59. The molecule has 122 valence electrons. The van der Waals surface area contributed by atoms with E-state index < -0.39 is 21.5 Å². The van der Waals surface area contributed by atoms with Crippen molar-refractivity contribution in [2.24, 2.45) is 0 Å². The first kappa shape index (κ1) is 17.7. The molecule has 4 nitrogen and oxygen atoms in total. The molecule has 23 heavy (non-hydrogen) atoms. The summed E-state index contributed by atoms with van der Waals surface area (Å²) in [7, 11) is -3.51. The van der Waals surface area contributed by atoms with Gasteiger partial charge in [0.05, 0.1) is 5.75 Å². The van der Waals surface area contributed by atoms with Crippen molar-refractivity contribution in [2.45, 2.75) is 19.6 Å². The predicted molar refractivity (Wildman–Crippen MR) is 96.2 cm³/mol. The molecule has 0 aliphatic carbocycles. The summed E-state index contributed by atoms with van der Waals surface area (Å²) in [6.45, 7) is 3.92. The van der Waals surface area contributed by atoms with Crippen LogP contribution in [0.1, 0.15) is 16.7 Å². The van der Waals surface area contributed by atoms with Crippen molar-refractivity contribution in [1.29, 1.82) is 0 Å². The summed E-state index contributed by atoms with van der Waals surface area (Å²) in [5, 5.41) is 2.64. The Hall–Kier alpha value is -1.66. The van der Waals surface area contributed by atoms with Gasteiger partial charge in [-0.2, -0.15) is 0 Å². The summed E-state index contributed by atoms with van der Waals surface area (Å²) in [4.78, 5) is 12.0. The van der Waals surface area contributed by atoms with Gasteiger partial charge in [0.2, 0.25) is 5.91 Å². The number of carbonyl (C=O) groups is 1. The SMILES string of the molecule is Cc1ccc(NC(=O)CS(=O)(=O)Cc2ccc(Br)cc2)cc1C. The lowest BCUT2D eigenvalue weighted by molar-refractivity contribution is -0.113. The Morgan fingerprint density at radius 2 is 1.70 bits per heavy atom. The van der Waals surface area contributed by atoms with Crippen molar-refractivity contribution in [2.75, 3.05) is 11.1 Å². The van der Waals surface area contributed by atoms with E-state index in [1.807, 2.05) is 26.0 Å². The van der Waals surface area contributed by atoms with E-state index in [1.165, 1.54) is 0 Å². The average Bonchev–Trinajstić information content (AvgIpc) is 2.44. The van der Waals surface area contributed by atoms with Gasteiger partial charge >= 0.3 is 0 Å². The molecule has 0 spiro atoms. The second-order valence-electron chi connectivity index (χ2n) is 5.51. The van der Waals surface area contributed by atoms with Crippen LogP contribution in [0.15, 0.2) is 46.9 Å². The second-order valence-corrected chi connectivity index (χ2v) is 8.49. The van der Waals surface area contributed by atoms with Crippen LogP contribution in [0.25, 0.3) is 0 Å². The summed E-state index contributed by atoms with van der Waals surface area (Å²) in [5.41, 5.74) is 3.43. The zero-order chi connectivity index (χ0) is 17.0. The monoisotopic (exact) mass is 395 g/mol. The smallest absolute Gasteiger partial charge is 0.239 e. The highest BCUT2D eigenvalue weighted by Crippen LogP contribution is 2.15. The number of amides is 1. The van der Waals surface area contributed by atoms with E-state index in [1.54, 1.807) is 30.3 Å². The maximum Gasteiger partial charge on any atom is 0.239 e. The molecule has 0 saturated carbocycles. The number of aryl methyl sites for hydroxylation is 2. The fourth-order valence-corrected chi connectivity index (χ4v) is 3.64. The van der Waals surface area contributed by atoms with Gasteiger partial charge < -0.3 is 5.32 Å². The Morgan fingerprint density at radius 1 is 1.04 bits per heavy atom. The summed E-state index contributed by atoms with van der Waals surface area (Å²) in [6.07, 6.45) is 0. The van der Waals surface area contributed by atoms with Crippen LogP contribution in [0.5, 0.6) is 0 Å². The molecule has 0 aromatic heterocycles. The van der Waals surface area contributed by atoms with E-state index in [9.17, 15) is 13.2 Å². The fourth-order valence-electron chi connectivity index (χ4n) is 2.10. The molecular weight excluding hydrogens is 378 g/mol. The van der Waals surface area contributed by atoms with Gasteiger partial charge in [0, 0.05) is 10.2 Å². The number of halogens is 1. The van der Waals surface area contributed by atoms with Crippen LogP contribution in [0.4, 0.5) is 5.69 Å². The molecule has 0 bridgehead atoms. The van der Waals surface area contributed by atoms with Crippen LogP contribution in [0, 0.1) is 13.8 Å². The lowest BCUT2D eigenvalue weighted by Crippen LogP contribution is -2.24. The standard InChI is InChI=1S/C17H18BrNO3S/c1-12-3-8-16(9-13(12)2)19-17(20)11-23(21,22)10-14-4-6-15(18)7-5-14/h3-9H,10-11H2,1-2H3,(H,19,20). The quantitative estimate of drug-likeness (QED) is 0.840. The highest BCUT2D eigenvalue weighted by molar-refractivity contribution is 9.10. The van der Waals surface area contributed by atoms with Gasteiger partial charge in [-0.15, -0.1) is 0 Å². The number of carbonyl (C=O) groups excluding carboxylic acids is 1. The highest BCUT2D eigenvalue weighted by Gasteiger charge is 2.17. The molecule has 1 amide bonds. The molecule has 6 heteroatoms. The van der Waals surface area contributed by atoms with Crippen LogP contribution in [-0.4, -0.2) is 20.1 Å². The van der Waals surface area contributed by atoms with E-state index >= 15 is 0 Å². The fraction of sp³-hybridized carbons (Fsp3) is 0.235. The minimum Gasteiger partial charge on any atom is -0.325 e. The number of sulfone groups is 1. The summed E-state index contributed by atoms with van der Waals surface area (Å²) in [5.74, 6) is -1.21. The summed E-state index contributed by atoms with van der Waals surface area (Å²) < 4.78 is 25.1. The van der Waals surface area contributed by atoms with Crippen LogP contribution in [0.3, 0.4) is 0 Å². The molecule has 1 N–H and O–H groups in total. The van der Waals surface area contributed by atoms with Gasteiger partial charge in [0.25, 0.3) is 0 Å². The van der Waals surface area contributed by atoms with Crippen LogP contribution >= 0.6 is 15.9 Å². The van der Waals surface area contributed by atoms with Gasteiger partial charge in [-0.3, -0.25) is 4.79 Å². The van der Waals surface area contributed by atoms with Crippen molar-refractivity contribution >= 4 is 37.4 Å². The molecular formula is C17H18BrNO3S. The van der Waals surface area contributed by atoms with Gasteiger partial charge in [-0.25, -0.2) is 8.42 Å². The molecule has 0 fully saturated rings. The number of hydrogen-bond acceptors (Lipinski definition) is 3. The Bertz CT molecular complexity index is 814. The summed E-state index contributed by atoms with van der Waals surface area (Å²) in [6, 6.07) is 12.5. The molecule has 0 aliphatic rings. The van der Waals surface area contributed by atoms with Crippen molar-refractivity contribution in [1.82, 2.24) is 0 Å². The highest BCUT2D eigenvalue weighted by atomic mass is 79.9. The van der Waals surface area contributed by atoms with Gasteiger partial charge in [-0.05, 0) is 54.8 Å². The zero-order valence-electron chi connectivity index (χ0n) is 13.0. The van der Waals surface area contributed by atoms with Gasteiger partial charge in [0.1, 0.15) is 5.75 Å². The van der Waals surface area contributed by atoms with Crippen LogP contribution < -0.4 is 5.32 Å². The number of rotatable bonds is 5. The molecule has 0 atom stereocenters. The molecule has 0 aliphatic heterocycles. The maximum atomic E-state index is 12.1. The minimum atomic E-state index is -3.51. The largest absolute Gasteiger partial charge is 0.325 e. The lowest BCUT2D eigenvalue weighted by atomic mass is 10.1. The van der Waals surface area contributed by atoms with Crippen LogP contribution in [0.2, 0.25) is 0 Å². The van der Waals surface area contributed by atoms with E-state index in [4.69, 9.17) is 0 Å². The molecule has 0 heterocycles. The van der Waals surface area contributed by atoms with E-state index in [2.05, 4.69) is 21.2 Å². The zero-order valence-corrected chi connectivity index (χ0v) is 15.4. The first-order chi connectivity index (χ1) is 10.7. The van der Waals surface area contributed by atoms with Crippen LogP contribution in [-0.2, 0) is 20.4 Å². The second kappa shape index (κ2) is 7.27. The number of benzene rings is 2.